The quantitative estimate of drug-likeness (QED) is 0.213. The number of carbonyl (C=O) groups excluding carboxylic acids is 3. The molecule has 1 aromatic heterocycles. The third-order valence-corrected chi connectivity index (χ3v) is 6.19. The number of carbonyl (C=O) groups is 3. The fourth-order valence-electron chi connectivity index (χ4n) is 4.05. The number of hydrogen-bond acceptors (Lipinski definition) is 5. The predicted octanol–water partition coefficient (Wildman–Crippen LogP) is 4.35. The van der Waals surface area contributed by atoms with Gasteiger partial charge in [-0.05, 0) is 49.6 Å². The Morgan fingerprint density at radius 3 is 2.60 bits per heavy atom. The number of halogens is 1. The Bertz CT molecular complexity index is 1300. The molecule has 0 atom stereocenters. The zero-order chi connectivity index (χ0) is 24.8. The van der Waals surface area contributed by atoms with E-state index in [1.807, 2.05) is 25.1 Å². The van der Waals surface area contributed by atoms with Crippen LogP contribution in [0.5, 0.6) is 0 Å². The zero-order valence-corrected chi connectivity index (χ0v) is 20.1. The van der Waals surface area contributed by atoms with Gasteiger partial charge >= 0.3 is 11.8 Å². The van der Waals surface area contributed by atoms with Gasteiger partial charge in [-0.3, -0.25) is 14.4 Å². The van der Waals surface area contributed by atoms with Crippen LogP contribution in [0.1, 0.15) is 53.6 Å². The summed E-state index contributed by atoms with van der Waals surface area (Å²) >= 11 is 6.23. The number of aryl methyl sites for hydroxylation is 1. The van der Waals surface area contributed by atoms with Crippen LogP contribution in [-0.4, -0.2) is 35.0 Å². The number of rotatable bonds is 5. The van der Waals surface area contributed by atoms with Crippen molar-refractivity contribution in [2.75, 3.05) is 5.32 Å². The first-order valence-corrected chi connectivity index (χ1v) is 11.9. The van der Waals surface area contributed by atoms with Gasteiger partial charge in [0, 0.05) is 17.0 Å². The number of nitrogens with zero attached hydrogens (tertiary/aromatic N) is 2. The second-order valence-corrected chi connectivity index (χ2v) is 8.93. The average Bonchev–Trinajstić information content (AvgIpc) is 2.85. The van der Waals surface area contributed by atoms with Gasteiger partial charge in [-0.25, -0.2) is 10.4 Å². The number of nitrogens with one attached hydrogen (secondary N) is 3. The molecule has 3 N–H and O–H groups in total. The Morgan fingerprint density at radius 1 is 1.03 bits per heavy atom. The molecule has 2 aromatic carbocycles. The van der Waals surface area contributed by atoms with E-state index in [9.17, 15) is 14.4 Å². The first kappa shape index (κ1) is 24.3. The molecule has 0 unspecified atom stereocenters. The maximum atomic E-state index is 12.8. The van der Waals surface area contributed by atoms with Crippen LogP contribution in [0.2, 0.25) is 5.15 Å². The van der Waals surface area contributed by atoms with E-state index in [0.29, 0.717) is 11.1 Å². The summed E-state index contributed by atoms with van der Waals surface area (Å²) in [5, 5.41) is 10.4. The molecule has 0 bridgehead atoms. The molecule has 1 aliphatic rings. The first-order valence-electron chi connectivity index (χ1n) is 11.5. The number of amides is 3. The smallest absolute Gasteiger partial charge is 0.329 e. The summed E-state index contributed by atoms with van der Waals surface area (Å²) in [6, 6.07) is 14.3. The highest BCUT2D eigenvalue weighted by Gasteiger charge is 2.21. The van der Waals surface area contributed by atoms with Crippen molar-refractivity contribution in [3.63, 3.8) is 0 Å². The maximum absolute atomic E-state index is 12.8. The summed E-state index contributed by atoms with van der Waals surface area (Å²) in [6.45, 7) is 1.96. The van der Waals surface area contributed by atoms with E-state index in [2.05, 4.69) is 26.1 Å². The Kier molecular flexibility index (Phi) is 7.72. The molecule has 35 heavy (non-hydrogen) atoms. The summed E-state index contributed by atoms with van der Waals surface area (Å²) in [5.74, 6) is -2.21. The molecule has 0 saturated heterocycles. The van der Waals surface area contributed by atoms with Gasteiger partial charge in [0.25, 0.3) is 5.91 Å². The summed E-state index contributed by atoms with van der Waals surface area (Å²) < 4.78 is 0. The monoisotopic (exact) mass is 491 g/mol. The van der Waals surface area contributed by atoms with Gasteiger partial charge in [0.15, 0.2) is 0 Å². The highest BCUT2D eigenvalue weighted by Crippen LogP contribution is 2.21. The lowest BCUT2D eigenvalue weighted by molar-refractivity contribution is -0.136. The molecule has 0 spiro atoms. The second kappa shape index (κ2) is 11.1. The van der Waals surface area contributed by atoms with Crippen LogP contribution in [-0.2, 0) is 9.59 Å². The van der Waals surface area contributed by atoms with E-state index >= 15 is 0 Å². The van der Waals surface area contributed by atoms with Gasteiger partial charge in [-0.15, -0.1) is 0 Å². The van der Waals surface area contributed by atoms with Gasteiger partial charge in [-0.2, -0.15) is 5.10 Å². The van der Waals surface area contributed by atoms with E-state index in [-0.39, 0.29) is 22.8 Å². The number of aromatic nitrogens is 1. The molecule has 1 saturated carbocycles. The molecule has 1 heterocycles. The fourth-order valence-corrected chi connectivity index (χ4v) is 4.25. The number of hydrogen-bond donors (Lipinski definition) is 3. The van der Waals surface area contributed by atoms with Gasteiger partial charge in [0.05, 0.1) is 23.0 Å². The van der Waals surface area contributed by atoms with Crippen molar-refractivity contribution in [1.29, 1.82) is 0 Å². The topological polar surface area (TPSA) is 113 Å². The van der Waals surface area contributed by atoms with Crippen LogP contribution < -0.4 is 16.1 Å². The summed E-state index contributed by atoms with van der Waals surface area (Å²) in [4.78, 5) is 41.8. The number of pyridine rings is 1. The standard InChI is InChI=1S/C26H26ClN5O3/c1-16-11-12-17-14-18(23(27)30-22(17)13-16)15-28-32-26(35)25(34)31-21-10-6-5-9-20(21)24(33)29-19-7-3-2-4-8-19/h5-6,9-15,19H,2-4,7-8H2,1H3,(H,29,33)(H,31,34)(H,32,35). The minimum absolute atomic E-state index is 0.123. The summed E-state index contributed by atoms with van der Waals surface area (Å²) in [5.41, 5.74) is 5.04. The van der Waals surface area contributed by atoms with E-state index in [1.165, 1.54) is 12.6 Å². The van der Waals surface area contributed by atoms with Crippen LogP contribution in [0.25, 0.3) is 10.9 Å². The van der Waals surface area contributed by atoms with Gasteiger partial charge in [-0.1, -0.05) is 55.1 Å². The number of anilines is 1. The lowest BCUT2D eigenvalue weighted by atomic mass is 9.95. The lowest BCUT2D eigenvalue weighted by Gasteiger charge is -2.23. The molecule has 180 valence electrons. The zero-order valence-electron chi connectivity index (χ0n) is 19.3. The molecule has 1 aliphatic carbocycles. The number of para-hydroxylation sites is 1. The van der Waals surface area contributed by atoms with Crippen molar-refractivity contribution < 1.29 is 14.4 Å². The van der Waals surface area contributed by atoms with E-state index in [0.717, 1.165) is 42.1 Å². The number of hydrazone groups is 1. The van der Waals surface area contributed by atoms with Crippen molar-refractivity contribution in [3.8, 4) is 0 Å². The summed E-state index contributed by atoms with van der Waals surface area (Å²) in [7, 11) is 0. The molecular weight excluding hydrogens is 466 g/mol. The minimum Gasteiger partial charge on any atom is -0.349 e. The molecule has 0 aliphatic heterocycles. The largest absolute Gasteiger partial charge is 0.349 e. The lowest BCUT2D eigenvalue weighted by Crippen LogP contribution is -2.37. The van der Waals surface area contributed by atoms with Crippen LogP contribution in [0.3, 0.4) is 0 Å². The van der Waals surface area contributed by atoms with Crippen LogP contribution in [0.15, 0.2) is 53.6 Å². The average molecular weight is 492 g/mol. The number of benzene rings is 2. The fraction of sp³-hybridized carbons (Fsp3) is 0.269. The third-order valence-electron chi connectivity index (χ3n) is 5.89. The molecule has 4 rings (SSSR count). The van der Waals surface area contributed by atoms with Crippen molar-refractivity contribution in [2.24, 2.45) is 5.10 Å². The Labute approximate surface area is 208 Å². The molecule has 9 heteroatoms. The van der Waals surface area contributed by atoms with Crippen LogP contribution in [0.4, 0.5) is 5.69 Å². The molecule has 1 fully saturated rings. The van der Waals surface area contributed by atoms with Crippen LogP contribution >= 0.6 is 11.6 Å². The Balaban J connectivity index is 1.38. The Hall–Kier alpha value is -3.78. The number of fused-ring (bicyclic) bond motifs is 1. The van der Waals surface area contributed by atoms with Gasteiger partial charge in [0.2, 0.25) is 0 Å². The first-order chi connectivity index (χ1) is 16.9. The van der Waals surface area contributed by atoms with E-state index < -0.39 is 11.8 Å². The highest BCUT2D eigenvalue weighted by atomic mass is 35.5. The van der Waals surface area contributed by atoms with Gasteiger partial charge in [0.1, 0.15) is 5.15 Å². The molecule has 3 aromatic rings. The second-order valence-electron chi connectivity index (χ2n) is 8.57. The predicted molar refractivity (Wildman–Crippen MR) is 137 cm³/mol. The SMILES string of the molecule is Cc1ccc2cc(C=NNC(=O)C(=O)Nc3ccccc3C(=O)NC3CCCCC3)c(Cl)nc2c1. The Morgan fingerprint density at radius 2 is 1.80 bits per heavy atom. The molecule has 3 amide bonds. The normalized spacial score (nSPS) is 14.1. The van der Waals surface area contributed by atoms with Crippen molar-refractivity contribution in [2.45, 2.75) is 45.1 Å². The third kappa shape index (κ3) is 6.22. The van der Waals surface area contributed by atoms with E-state index in [1.54, 1.807) is 30.3 Å². The van der Waals surface area contributed by atoms with Crippen molar-refractivity contribution in [3.05, 3.63) is 70.4 Å². The summed E-state index contributed by atoms with van der Waals surface area (Å²) in [6.07, 6.45) is 6.56. The molecule has 0 radical (unpaired) electrons. The van der Waals surface area contributed by atoms with Crippen molar-refractivity contribution >= 4 is 52.1 Å². The molecular formula is C26H26ClN5O3. The molecule has 8 nitrogen and oxygen atoms in total. The van der Waals surface area contributed by atoms with Crippen LogP contribution in [0, 0.1) is 6.92 Å². The van der Waals surface area contributed by atoms with Gasteiger partial charge < -0.3 is 10.6 Å². The van der Waals surface area contributed by atoms with E-state index in [4.69, 9.17) is 11.6 Å². The van der Waals surface area contributed by atoms with Crippen molar-refractivity contribution in [1.82, 2.24) is 15.7 Å². The highest BCUT2D eigenvalue weighted by molar-refractivity contribution is 6.40. The minimum atomic E-state index is -0.982. The maximum Gasteiger partial charge on any atom is 0.329 e.